The molecule has 0 fully saturated rings. The first-order valence-electron chi connectivity index (χ1n) is 7.61. The summed E-state index contributed by atoms with van der Waals surface area (Å²) in [6, 6.07) is 9.38. The van der Waals surface area contributed by atoms with Crippen LogP contribution in [0.4, 0.5) is 11.4 Å². The summed E-state index contributed by atoms with van der Waals surface area (Å²) in [5, 5.41) is 24.7. The van der Waals surface area contributed by atoms with Crippen molar-refractivity contribution < 1.29 is 14.4 Å². The molecular formula is C18H16N2O5. The Morgan fingerprint density at radius 2 is 1.96 bits per heavy atom. The highest BCUT2D eigenvalue weighted by atomic mass is 16.6. The number of hydrogen-bond donors (Lipinski definition) is 2. The van der Waals surface area contributed by atoms with Crippen molar-refractivity contribution in [1.82, 2.24) is 0 Å². The number of rotatable bonds is 4. The average molecular weight is 340 g/mol. The van der Waals surface area contributed by atoms with Gasteiger partial charge in [0.1, 0.15) is 11.3 Å². The predicted octanol–water partition coefficient (Wildman–Crippen LogP) is 3.64. The molecule has 0 aliphatic carbocycles. The summed E-state index contributed by atoms with van der Waals surface area (Å²) in [6.07, 6.45) is 0. The van der Waals surface area contributed by atoms with Gasteiger partial charge in [-0.25, -0.2) is 4.79 Å². The van der Waals surface area contributed by atoms with Gasteiger partial charge in [-0.1, -0.05) is 6.07 Å². The van der Waals surface area contributed by atoms with Crippen LogP contribution < -0.4 is 10.9 Å². The minimum absolute atomic E-state index is 0.0307. The molecule has 7 nitrogen and oxygen atoms in total. The summed E-state index contributed by atoms with van der Waals surface area (Å²) in [5.74, 6) is 0.0512. The lowest BCUT2D eigenvalue weighted by Gasteiger charge is -2.12. The summed E-state index contributed by atoms with van der Waals surface area (Å²) in [4.78, 5) is 22.4. The van der Waals surface area contributed by atoms with E-state index in [1.165, 1.54) is 12.1 Å². The largest absolute Gasteiger partial charge is 0.508 e. The van der Waals surface area contributed by atoms with Crippen LogP contribution in [-0.2, 0) is 6.54 Å². The summed E-state index contributed by atoms with van der Waals surface area (Å²) >= 11 is 0. The molecule has 2 N–H and O–H groups in total. The van der Waals surface area contributed by atoms with Gasteiger partial charge >= 0.3 is 5.63 Å². The molecule has 3 rings (SSSR count). The highest BCUT2D eigenvalue weighted by molar-refractivity contribution is 5.85. The van der Waals surface area contributed by atoms with E-state index in [9.17, 15) is 20.0 Å². The first-order valence-corrected chi connectivity index (χ1v) is 7.61. The topological polar surface area (TPSA) is 106 Å². The molecule has 0 unspecified atom stereocenters. The third-order valence-corrected chi connectivity index (χ3v) is 4.19. The van der Waals surface area contributed by atoms with Crippen molar-refractivity contribution in [3.8, 4) is 5.75 Å². The number of benzene rings is 2. The molecule has 0 atom stereocenters. The van der Waals surface area contributed by atoms with Crippen LogP contribution in [0.5, 0.6) is 5.75 Å². The Kier molecular flexibility index (Phi) is 4.14. The molecule has 1 aromatic heterocycles. The minimum Gasteiger partial charge on any atom is -0.508 e. The van der Waals surface area contributed by atoms with Gasteiger partial charge in [0.25, 0.3) is 5.69 Å². The Bertz CT molecular complexity index is 1040. The van der Waals surface area contributed by atoms with Gasteiger partial charge in [0.05, 0.1) is 4.92 Å². The van der Waals surface area contributed by atoms with Crippen LogP contribution in [0.15, 0.2) is 45.6 Å². The maximum atomic E-state index is 11.8. The quantitative estimate of drug-likeness (QED) is 0.427. The SMILES string of the molecule is Cc1c(NCc2cc(=O)oc3c(C)c(O)ccc23)cccc1[N+](=O)[O-]. The fourth-order valence-electron chi connectivity index (χ4n) is 2.77. The number of aromatic hydroxyl groups is 1. The molecule has 0 bridgehead atoms. The zero-order chi connectivity index (χ0) is 18.1. The van der Waals surface area contributed by atoms with Gasteiger partial charge in [-0.15, -0.1) is 0 Å². The van der Waals surface area contributed by atoms with E-state index < -0.39 is 10.5 Å². The van der Waals surface area contributed by atoms with Crippen molar-refractivity contribution in [3.63, 3.8) is 0 Å². The third-order valence-electron chi connectivity index (χ3n) is 4.19. The number of hydrogen-bond acceptors (Lipinski definition) is 6. The molecule has 0 spiro atoms. The fraction of sp³-hybridized carbons (Fsp3) is 0.167. The minimum atomic E-state index is -0.520. The molecule has 0 saturated carbocycles. The van der Waals surface area contributed by atoms with Gasteiger partial charge in [-0.3, -0.25) is 10.1 Å². The van der Waals surface area contributed by atoms with E-state index >= 15 is 0 Å². The number of nitro groups is 1. The van der Waals surface area contributed by atoms with E-state index in [4.69, 9.17) is 4.42 Å². The highest BCUT2D eigenvalue weighted by Crippen LogP contribution is 2.29. The number of nitrogens with zero attached hydrogens (tertiary/aromatic N) is 1. The number of nitrogens with one attached hydrogen (secondary N) is 1. The smallest absolute Gasteiger partial charge is 0.336 e. The lowest BCUT2D eigenvalue weighted by molar-refractivity contribution is -0.385. The fourth-order valence-corrected chi connectivity index (χ4v) is 2.77. The van der Waals surface area contributed by atoms with Crippen LogP contribution in [0.3, 0.4) is 0 Å². The molecule has 0 radical (unpaired) electrons. The first kappa shape index (κ1) is 16.5. The van der Waals surface area contributed by atoms with Crippen molar-refractivity contribution in [3.05, 3.63) is 73.6 Å². The van der Waals surface area contributed by atoms with Gasteiger partial charge in [0.15, 0.2) is 0 Å². The molecule has 0 aliphatic rings. The standard InChI is InChI=1S/C18H16N2O5/c1-10-14(4-3-5-15(10)20(23)24)19-9-12-8-17(22)25-18-11(2)16(21)7-6-13(12)18/h3-8,19,21H,9H2,1-2H3. The van der Waals surface area contributed by atoms with Crippen molar-refractivity contribution >= 4 is 22.3 Å². The molecule has 25 heavy (non-hydrogen) atoms. The molecule has 128 valence electrons. The zero-order valence-corrected chi connectivity index (χ0v) is 13.7. The van der Waals surface area contributed by atoms with Gasteiger partial charge in [-0.05, 0) is 37.6 Å². The summed E-state index contributed by atoms with van der Waals surface area (Å²) in [6.45, 7) is 3.62. The summed E-state index contributed by atoms with van der Waals surface area (Å²) < 4.78 is 5.21. The van der Waals surface area contributed by atoms with Crippen LogP contribution >= 0.6 is 0 Å². The second-order valence-electron chi connectivity index (χ2n) is 5.74. The van der Waals surface area contributed by atoms with E-state index in [1.54, 1.807) is 38.1 Å². The molecule has 0 saturated heterocycles. The zero-order valence-electron chi connectivity index (χ0n) is 13.7. The Morgan fingerprint density at radius 1 is 1.20 bits per heavy atom. The maximum absolute atomic E-state index is 11.8. The Morgan fingerprint density at radius 3 is 2.68 bits per heavy atom. The van der Waals surface area contributed by atoms with Crippen LogP contribution in [0.25, 0.3) is 11.0 Å². The van der Waals surface area contributed by atoms with E-state index in [0.29, 0.717) is 33.3 Å². The number of fused-ring (bicyclic) bond motifs is 1. The lowest BCUT2D eigenvalue weighted by atomic mass is 10.1. The van der Waals surface area contributed by atoms with E-state index in [-0.39, 0.29) is 18.0 Å². The van der Waals surface area contributed by atoms with E-state index in [0.717, 1.165) is 0 Å². The van der Waals surface area contributed by atoms with Crippen LogP contribution in [0.1, 0.15) is 16.7 Å². The van der Waals surface area contributed by atoms with E-state index in [1.807, 2.05) is 0 Å². The molecule has 0 amide bonds. The van der Waals surface area contributed by atoms with Crippen molar-refractivity contribution in [2.75, 3.05) is 5.32 Å². The predicted molar refractivity (Wildman–Crippen MR) is 94.0 cm³/mol. The lowest BCUT2D eigenvalue weighted by Crippen LogP contribution is -2.07. The second-order valence-corrected chi connectivity index (χ2v) is 5.74. The van der Waals surface area contributed by atoms with Gasteiger partial charge in [0.2, 0.25) is 0 Å². The molecule has 7 heteroatoms. The summed E-state index contributed by atoms with van der Waals surface area (Å²) in [7, 11) is 0. The second kappa shape index (κ2) is 6.27. The van der Waals surface area contributed by atoms with Crippen molar-refractivity contribution in [1.29, 1.82) is 0 Å². The first-order chi connectivity index (χ1) is 11.9. The van der Waals surface area contributed by atoms with Gasteiger partial charge in [0, 0.05) is 40.9 Å². The third kappa shape index (κ3) is 3.03. The Hall–Kier alpha value is -3.35. The Balaban J connectivity index is 2.00. The van der Waals surface area contributed by atoms with Gasteiger partial charge in [-0.2, -0.15) is 0 Å². The van der Waals surface area contributed by atoms with Crippen LogP contribution in [0, 0.1) is 24.0 Å². The Labute approximate surface area is 142 Å². The normalized spacial score (nSPS) is 10.8. The number of phenols is 1. The molecule has 0 aliphatic heterocycles. The molecular weight excluding hydrogens is 324 g/mol. The van der Waals surface area contributed by atoms with Crippen molar-refractivity contribution in [2.24, 2.45) is 0 Å². The maximum Gasteiger partial charge on any atom is 0.336 e. The van der Waals surface area contributed by atoms with Crippen LogP contribution in [-0.4, -0.2) is 10.0 Å². The number of nitro benzene ring substituents is 1. The average Bonchev–Trinajstić information content (AvgIpc) is 2.57. The number of anilines is 1. The number of phenolic OH excluding ortho intramolecular Hbond substituents is 1. The molecule has 1 heterocycles. The monoisotopic (exact) mass is 340 g/mol. The van der Waals surface area contributed by atoms with Crippen LogP contribution in [0.2, 0.25) is 0 Å². The van der Waals surface area contributed by atoms with Crippen molar-refractivity contribution in [2.45, 2.75) is 20.4 Å². The van der Waals surface area contributed by atoms with E-state index in [2.05, 4.69) is 5.32 Å². The molecule has 2 aromatic carbocycles. The highest BCUT2D eigenvalue weighted by Gasteiger charge is 2.14. The summed E-state index contributed by atoms with van der Waals surface area (Å²) in [5.41, 5.74) is 2.15. The number of aryl methyl sites for hydroxylation is 1. The van der Waals surface area contributed by atoms with Gasteiger partial charge < -0.3 is 14.8 Å². The molecule has 3 aromatic rings.